The van der Waals surface area contributed by atoms with Gasteiger partial charge in [-0.2, -0.15) is 0 Å². The molecular weight excluding hydrogens is 296 g/mol. The van der Waals surface area contributed by atoms with Crippen LogP contribution in [0, 0.1) is 0 Å². The predicted octanol–water partition coefficient (Wildman–Crippen LogP) is 4.73. The number of nitrogens with zero attached hydrogens (tertiary/aromatic N) is 3. The zero-order chi connectivity index (χ0) is 16.9. The number of nitrogens with one attached hydrogen (secondary N) is 1. The third-order valence-electron chi connectivity index (χ3n) is 3.67. The molecule has 4 nitrogen and oxygen atoms in total. The van der Waals surface area contributed by atoms with Gasteiger partial charge in [0.2, 0.25) is 0 Å². The van der Waals surface area contributed by atoms with E-state index in [9.17, 15) is 0 Å². The van der Waals surface area contributed by atoms with Crippen molar-refractivity contribution < 1.29 is 0 Å². The Hall–Kier alpha value is -2.88. The second kappa shape index (κ2) is 7.13. The Bertz CT molecular complexity index is 785. The fourth-order valence-electron chi connectivity index (χ4n) is 2.48. The van der Waals surface area contributed by atoms with Gasteiger partial charge in [-0.3, -0.25) is 0 Å². The van der Waals surface area contributed by atoms with Gasteiger partial charge >= 0.3 is 0 Å². The molecule has 0 amide bonds. The van der Waals surface area contributed by atoms with E-state index in [4.69, 9.17) is 4.98 Å². The average molecular weight is 318 g/mol. The number of rotatable bonds is 5. The van der Waals surface area contributed by atoms with Crippen molar-refractivity contribution in [1.29, 1.82) is 0 Å². The second-order valence-corrected chi connectivity index (χ2v) is 5.99. The molecule has 0 radical (unpaired) electrons. The molecule has 1 N–H and O–H groups in total. The molecule has 0 saturated heterocycles. The van der Waals surface area contributed by atoms with E-state index in [2.05, 4.69) is 41.2 Å². The fraction of sp³-hybridized carbons (Fsp3) is 0.200. The molecule has 0 aliphatic heterocycles. The summed E-state index contributed by atoms with van der Waals surface area (Å²) >= 11 is 0. The molecule has 0 atom stereocenters. The minimum absolute atomic E-state index is 0.304. The molecule has 3 rings (SSSR count). The molecule has 4 heteroatoms. The number of aromatic nitrogens is 2. The van der Waals surface area contributed by atoms with Crippen molar-refractivity contribution in [2.24, 2.45) is 0 Å². The molecule has 1 aromatic heterocycles. The molecule has 0 saturated carbocycles. The van der Waals surface area contributed by atoms with Gasteiger partial charge in [0, 0.05) is 30.4 Å². The zero-order valence-corrected chi connectivity index (χ0v) is 14.3. The molecule has 0 spiro atoms. The van der Waals surface area contributed by atoms with E-state index in [-0.39, 0.29) is 0 Å². The molecule has 0 aliphatic rings. The lowest BCUT2D eigenvalue weighted by molar-refractivity contribution is 0.886. The van der Waals surface area contributed by atoms with E-state index in [0.29, 0.717) is 6.04 Å². The number of hydrogen-bond donors (Lipinski definition) is 1. The second-order valence-electron chi connectivity index (χ2n) is 5.99. The third kappa shape index (κ3) is 3.71. The number of benzene rings is 2. The molecule has 3 aromatic rings. The first-order chi connectivity index (χ1) is 11.6. The summed E-state index contributed by atoms with van der Waals surface area (Å²) < 4.78 is 0. The summed E-state index contributed by atoms with van der Waals surface area (Å²) in [4.78, 5) is 11.5. The topological polar surface area (TPSA) is 41.0 Å². The van der Waals surface area contributed by atoms with Crippen LogP contribution in [0.5, 0.6) is 0 Å². The van der Waals surface area contributed by atoms with Crippen molar-refractivity contribution in [2.45, 2.75) is 19.9 Å². The minimum Gasteiger partial charge on any atom is -0.368 e. The van der Waals surface area contributed by atoms with Gasteiger partial charge < -0.3 is 10.2 Å². The van der Waals surface area contributed by atoms with Crippen LogP contribution < -0.4 is 10.2 Å². The van der Waals surface area contributed by atoms with E-state index in [1.165, 1.54) is 0 Å². The molecule has 0 unspecified atom stereocenters. The van der Waals surface area contributed by atoms with Gasteiger partial charge in [-0.25, -0.2) is 9.97 Å². The van der Waals surface area contributed by atoms with Crippen molar-refractivity contribution >= 4 is 17.3 Å². The third-order valence-corrected chi connectivity index (χ3v) is 3.67. The summed E-state index contributed by atoms with van der Waals surface area (Å²) in [6.45, 7) is 4.20. The normalized spacial score (nSPS) is 10.7. The molecular formula is C20H22N4. The van der Waals surface area contributed by atoms with Crippen LogP contribution in [0.2, 0.25) is 0 Å². The molecule has 0 bridgehead atoms. The van der Waals surface area contributed by atoms with E-state index < -0.39 is 0 Å². The molecule has 24 heavy (non-hydrogen) atoms. The summed E-state index contributed by atoms with van der Waals surface area (Å²) in [7, 11) is 2.02. The Morgan fingerprint density at radius 2 is 1.50 bits per heavy atom. The van der Waals surface area contributed by atoms with E-state index in [1.807, 2.05) is 61.6 Å². The van der Waals surface area contributed by atoms with Gasteiger partial charge in [-0.15, -0.1) is 0 Å². The van der Waals surface area contributed by atoms with Crippen molar-refractivity contribution in [3.63, 3.8) is 0 Å². The maximum Gasteiger partial charge on any atom is 0.163 e. The average Bonchev–Trinajstić information content (AvgIpc) is 2.62. The van der Waals surface area contributed by atoms with Crippen molar-refractivity contribution in [2.75, 3.05) is 17.3 Å². The quantitative estimate of drug-likeness (QED) is 0.738. The summed E-state index contributed by atoms with van der Waals surface area (Å²) in [5.41, 5.74) is 2.10. The highest BCUT2D eigenvalue weighted by molar-refractivity contribution is 5.66. The Morgan fingerprint density at radius 1 is 0.875 bits per heavy atom. The summed E-state index contributed by atoms with van der Waals surface area (Å²) in [6, 6.07) is 22.6. The Balaban J connectivity index is 2.05. The first-order valence-corrected chi connectivity index (χ1v) is 8.13. The standard InChI is InChI=1S/C20H22N4/c1-15(2)21-18-14-19(24(3)17-12-8-5-9-13-17)23-20(22-18)16-10-6-4-7-11-16/h4-15H,1-3H3,(H,21,22,23). The molecule has 2 aromatic carbocycles. The van der Waals surface area contributed by atoms with Gasteiger partial charge in [-0.05, 0) is 26.0 Å². The Morgan fingerprint density at radius 3 is 2.12 bits per heavy atom. The number of anilines is 3. The monoisotopic (exact) mass is 318 g/mol. The lowest BCUT2D eigenvalue weighted by Gasteiger charge is -2.20. The molecule has 0 fully saturated rings. The Kier molecular flexibility index (Phi) is 4.75. The SMILES string of the molecule is CC(C)Nc1cc(N(C)c2ccccc2)nc(-c2ccccc2)n1. The van der Waals surface area contributed by atoms with Crippen LogP contribution in [0.1, 0.15) is 13.8 Å². The van der Waals surface area contributed by atoms with Crippen LogP contribution >= 0.6 is 0 Å². The molecule has 1 heterocycles. The lowest BCUT2D eigenvalue weighted by atomic mass is 10.2. The van der Waals surface area contributed by atoms with E-state index >= 15 is 0 Å². The first kappa shape index (κ1) is 16.0. The van der Waals surface area contributed by atoms with Crippen LogP contribution in [-0.2, 0) is 0 Å². The smallest absolute Gasteiger partial charge is 0.163 e. The maximum atomic E-state index is 4.76. The first-order valence-electron chi connectivity index (χ1n) is 8.13. The fourth-order valence-corrected chi connectivity index (χ4v) is 2.48. The highest BCUT2D eigenvalue weighted by Gasteiger charge is 2.12. The van der Waals surface area contributed by atoms with Crippen LogP contribution in [0.4, 0.5) is 17.3 Å². The van der Waals surface area contributed by atoms with E-state index in [1.54, 1.807) is 0 Å². The highest BCUT2D eigenvalue weighted by atomic mass is 15.2. The van der Waals surface area contributed by atoms with Crippen LogP contribution in [0.25, 0.3) is 11.4 Å². The van der Waals surface area contributed by atoms with Gasteiger partial charge in [0.25, 0.3) is 0 Å². The van der Waals surface area contributed by atoms with Crippen molar-refractivity contribution in [1.82, 2.24) is 9.97 Å². The maximum absolute atomic E-state index is 4.76. The summed E-state index contributed by atoms with van der Waals surface area (Å²) in [5.74, 6) is 2.41. The number of hydrogen-bond acceptors (Lipinski definition) is 4. The van der Waals surface area contributed by atoms with Gasteiger partial charge in [0.15, 0.2) is 5.82 Å². The van der Waals surface area contributed by atoms with Crippen LogP contribution in [0.15, 0.2) is 66.7 Å². The molecule has 122 valence electrons. The van der Waals surface area contributed by atoms with Gasteiger partial charge in [0.05, 0.1) is 0 Å². The van der Waals surface area contributed by atoms with Crippen molar-refractivity contribution in [3.05, 3.63) is 66.7 Å². The lowest BCUT2D eigenvalue weighted by Crippen LogP contribution is -2.15. The highest BCUT2D eigenvalue weighted by Crippen LogP contribution is 2.26. The largest absolute Gasteiger partial charge is 0.368 e. The van der Waals surface area contributed by atoms with E-state index in [0.717, 1.165) is 28.7 Å². The summed E-state index contributed by atoms with van der Waals surface area (Å²) in [6.07, 6.45) is 0. The predicted molar refractivity (Wildman–Crippen MR) is 101 cm³/mol. The van der Waals surface area contributed by atoms with Crippen LogP contribution in [-0.4, -0.2) is 23.1 Å². The number of para-hydroxylation sites is 1. The minimum atomic E-state index is 0.304. The summed E-state index contributed by atoms with van der Waals surface area (Å²) in [5, 5.41) is 3.38. The van der Waals surface area contributed by atoms with Crippen molar-refractivity contribution in [3.8, 4) is 11.4 Å². The Labute approximate surface area is 143 Å². The van der Waals surface area contributed by atoms with Crippen LogP contribution in [0.3, 0.4) is 0 Å². The van der Waals surface area contributed by atoms with Gasteiger partial charge in [0.1, 0.15) is 11.6 Å². The zero-order valence-electron chi connectivity index (χ0n) is 14.3. The van der Waals surface area contributed by atoms with Gasteiger partial charge in [-0.1, -0.05) is 48.5 Å². The molecule has 0 aliphatic carbocycles.